The van der Waals surface area contributed by atoms with Gasteiger partial charge in [-0.25, -0.2) is 0 Å². The molecule has 158 valence electrons. The lowest BCUT2D eigenvalue weighted by Gasteiger charge is -2.61. The Labute approximate surface area is 168 Å². The Bertz CT molecular complexity index is 647. The molecule has 5 nitrogen and oxygen atoms in total. The summed E-state index contributed by atoms with van der Waals surface area (Å²) >= 11 is 0. The van der Waals surface area contributed by atoms with Gasteiger partial charge in [0, 0.05) is 12.8 Å². The van der Waals surface area contributed by atoms with Crippen LogP contribution < -0.4 is 0 Å². The van der Waals surface area contributed by atoms with Gasteiger partial charge in [0.05, 0.1) is 6.10 Å². The average Bonchev–Trinajstić information content (AvgIpc) is 2.99. The molecule has 0 aromatic heterocycles. The number of ketones is 1. The predicted octanol–water partition coefficient (Wildman–Crippen LogP) is 3.11. The van der Waals surface area contributed by atoms with Gasteiger partial charge >= 0.3 is 5.97 Å². The molecule has 9 atom stereocenters. The van der Waals surface area contributed by atoms with Crippen molar-refractivity contribution in [2.75, 3.05) is 6.61 Å². The molecule has 0 bridgehead atoms. The fourth-order valence-electron chi connectivity index (χ4n) is 8.23. The molecule has 0 unspecified atom stereocenters. The Kier molecular flexibility index (Phi) is 5.15. The van der Waals surface area contributed by atoms with E-state index in [2.05, 4.69) is 13.8 Å². The summed E-state index contributed by atoms with van der Waals surface area (Å²) < 4.78 is 5.51. The Morgan fingerprint density at radius 3 is 2.43 bits per heavy atom. The van der Waals surface area contributed by atoms with Gasteiger partial charge in [0.2, 0.25) is 0 Å². The molecule has 0 aromatic carbocycles. The highest BCUT2D eigenvalue weighted by Crippen LogP contribution is 2.67. The van der Waals surface area contributed by atoms with Crippen LogP contribution in [0.1, 0.15) is 72.1 Å². The number of hydrogen-bond donors (Lipinski definition) is 2. The van der Waals surface area contributed by atoms with E-state index in [1.807, 2.05) is 0 Å². The minimum atomic E-state index is -0.551. The standard InChI is InChI=1S/C23H36O5/c1-13(25)28-21-11-23(3)14(10-19(21)26)4-5-15-16-6-7-18(20(27)12-24)22(16,2)9-8-17(15)23/h14-19,21,24,26H,4-12H2,1-3H3/t14-,15-,16-,17-,18+,19-,21-,22-,23-/m0/s1. The molecule has 4 rings (SSSR count). The van der Waals surface area contributed by atoms with E-state index in [9.17, 15) is 19.8 Å². The second-order valence-corrected chi connectivity index (χ2v) is 10.6. The van der Waals surface area contributed by atoms with Crippen LogP contribution in [0.5, 0.6) is 0 Å². The Morgan fingerprint density at radius 2 is 1.75 bits per heavy atom. The van der Waals surface area contributed by atoms with E-state index in [-0.39, 0.29) is 35.1 Å². The molecule has 0 radical (unpaired) electrons. The summed E-state index contributed by atoms with van der Waals surface area (Å²) in [7, 11) is 0. The third-order valence-electron chi connectivity index (χ3n) is 9.52. The number of carbonyl (C=O) groups excluding carboxylic acids is 2. The van der Waals surface area contributed by atoms with Crippen LogP contribution in [0, 0.1) is 40.4 Å². The van der Waals surface area contributed by atoms with Crippen molar-refractivity contribution in [3.05, 3.63) is 0 Å². The monoisotopic (exact) mass is 392 g/mol. The van der Waals surface area contributed by atoms with Crippen molar-refractivity contribution in [1.82, 2.24) is 0 Å². The highest BCUT2D eigenvalue weighted by Gasteiger charge is 2.62. The van der Waals surface area contributed by atoms with Gasteiger partial charge in [-0.2, -0.15) is 0 Å². The highest BCUT2D eigenvalue weighted by molar-refractivity contribution is 5.83. The number of carbonyl (C=O) groups is 2. The van der Waals surface area contributed by atoms with Gasteiger partial charge in [0.25, 0.3) is 0 Å². The molecule has 0 spiro atoms. The molecule has 4 fully saturated rings. The SMILES string of the molecule is CC(=O)O[C@H]1C[C@@]2(C)[C@@H](CC[C@@H]3[C@@H]2CC[C@]2(C)[C@@H](C(=O)CO)CC[C@@H]32)C[C@@H]1O. The zero-order valence-electron chi connectivity index (χ0n) is 17.5. The molecule has 0 saturated heterocycles. The Morgan fingerprint density at radius 1 is 1.04 bits per heavy atom. The first kappa shape index (κ1) is 20.3. The van der Waals surface area contributed by atoms with Crippen LogP contribution in [0.2, 0.25) is 0 Å². The van der Waals surface area contributed by atoms with Crippen molar-refractivity contribution in [2.24, 2.45) is 40.4 Å². The van der Waals surface area contributed by atoms with Crippen LogP contribution >= 0.6 is 0 Å². The number of aliphatic hydroxyl groups is 2. The van der Waals surface area contributed by atoms with Gasteiger partial charge in [-0.3, -0.25) is 9.59 Å². The Hall–Kier alpha value is -0.940. The highest BCUT2D eigenvalue weighted by atomic mass is 16.6. The van der Waals surface area contributed by atoms with E-state index < -0.39 is 12.2 Å². The number of hydrogen-bond acceptors (Lipinski definition) is 5. The van der Waals surface area contributed by atoms with Crippen molar-refractivity contribution in [3.63, 3.8) is 0 Å². The van der Waals surface area contributed by atoms with Crippen molar-refractivity contribution in [3.8, 4) is 0 Å². The van der Waals surface area contributed by atoms with E-state index in [0.29, 0.717) is 23.7 Å². The number of ether oxygens (including phenoxy) is 1. The lowest BCUT2D eigenvalue weighted by molar-refractivity contribution is -0.182. The fraction of sp³-hybridized carbons (Fsp3) is 0.913. The van der Waals surface area contributed by atoms with E-state index >= 15 is 0 Å². The third kappa shape index (κ3) is 2.96. The molecule has 2 N–H and O–H groups in total. The first-order valence-corrected chi connectivity index (χ1v) is 11.2. The molecular weight excluding hydrogens is 356 g/mol. The van der Waals surface area contributed by atoms with Gasteiger partial charge in [0.15, 0.2) is 5.78 Å². The topological polar surface area (TPSA) is 83.8 Å². The number of rotatable bonds is 3. The van der Waals surface area contributed by atoms with Gasteiger partial charge in [-0.15, -0.1) is 0 Å². The average molecular weight is 393 g/mol. The van der Waals surface area contributed by atoms with Crippen LogP contribution in [0.4, 0.5) is 0 Å². The first-order chi connectivity index (χ1) is 13.2. The molecule has 5 heteroatoms. The van der Waals surface area contributed by atoms with Gasteiger partial charge in [-0.05, 0) is 85.9 Å². The summed E-state index contributed by atoms with van der Waals surface area (Å²) in [5, 5.41) is 20.0. The lowest BCUT2D eigenvalue weighted by Crippen LogP contribution is -2.57. The largest absolute Gasteiger partial charge is 0.460 e. The molecule has 4 saturated carbocycles. The second-order valence-electron chi connectivity index (χ2n) is 10.6. The summed E-state index contributed by atoms with van der Waals surface area (Å²) in [5.41, 5.74) is 0.107. The molecule has 0 aromatic rings. The smallest absolute Gasteiger partial charge is 0.302 e. The van der Waals surface area contributed by atoms with Gasteiger partial charge < -0.3 is 14.9 Å². The maximum absolute atomic E-state index is 12.4. The lowest BCUT2D eigenvalue weighted by atomic mass is 9.44. The normalized spacial score (nSPS) is 50.2. The van der Waals surface area contributed by atoms with E-state index in [0.717, 1.165) is 44.9 Å². The number of fused-ring (bicyclic) bond motifs is 5. The molecule has 28 heavy (non-hydrogen) atoms. The second kappa shape index (κ2) is 7.09. The van der Waals surface area contributed by atoms with Gasteiger partial charge in [-0.1, -0.05) is 13.8 Å². The molecular formula is C23H36O5. The van der Waals surface area contributed by atoms with Crippen LogP contribution in [-0.2, 0) is 14.3 Å². The molecule has 0 aliphatic heterocycles. The van der Waals surface area contributed by atoms with Crippen molar-refractivity contribution in [1.29, 1.82) is 0 Å². The zero-order chi connectivity index (χ0) is 20.3. The zero-order valence-corrected chi connectivity index (χ0v) is 17.5. The fourth-order valence-corrected chi connectivity index (χ4v) is 8.23. The van der Waals surface area contributed by atoms with E-state index in [1.165, 1.54) is 13.3 Å². The molecule has 4 aliphatic rings. The number of Topliss-reactive ketones (excluding diaryl/α,β-unsaturated/α-hetero) is 1. The van der Waals surface area contributed by atoms with E-state index in [4.69, 9.17) is 4.74 Å². The van der Waals surface area contributed by atoms with Crippen LogP contribution in [0.25, 0.3) is 0 Å². The van der Waals surface area contributed by atoms with E-state index in [1.54, 1.807) is 0 Å². The summed E-state index contributed by atoms with van der Waals surface area (Å²) in [6.07, 6.45) is 6.98. The van der Waals surface area contributed by atoms with Crippen molar-refractivity contribution in [2.45, 2.75) is 84.3 Å². The quantitative estimate of drug-likeness (QED) is 0.721. The molecule has 0 heterocycles. The minimum absolute atomic E-state index is 0.0101. The summed E-state index contributed by atoms with van der Waals surface area (Å²) in [6.45, 7) is 5.75. The summed E-state index contributed by atoms with van der Waals surface area (Å²) in [4.78, 5) is 23.9. The maximum atomic E-state index is 12.4. The molecule has 0 amide bonds. The van der Waals surface area contributed by atoms with Crippen molar-refractivity contribution >= 4 is 11.8 Å². The first-order valence-electron chi connectivity index (χ1n) is 11.2. The minimum Gasteiger partial charge on any atom is -0.460 e. The summed E-state index contributed by atoms with van der Waals surface area (Å²) in [5.74, 6) is 1.92. The third-order valence-corrected chi connectivity index (χ3v) is 9.52. The van der Waals surface area contributed by atoms with Crippen LogP contribution in [-0.4, -0.2) is 40.8 Å². The van der Waals surface area contributed by atoms with Crippen molar-refractivity contribution < 1.29 is 24.5 Å². The number of aliphatic hydroxyl groups excluding tert-OH is 2. The maximum Gasteiger partial charge on any atom is 0.302 e. The van der Waals surface area contributed by atoms with Crippen LogP contribution in [0.15, 0.2) is 0 Å². The molecule has 4 aliphatic carbocycles. The predicted molar refractivity (Wildman–Crippen MR) is 104 cm³/mol. The Balaban J connectivity index is 1.58. The number of esters is 1. The summed E-state index contributed by atoms with van der Waals surface area (Å²) in [6, 6.07) is 0. The van der Waals surface area contributed by atoms with Gasteiger partial charge in [0.1, 0.15) is 12.7 Å². The van der Waals surface area contributed by atoms with Crippen LogP contribution in [0.3, 0.4) is 0 Å².